The molecule has 0 N–H and O–H groups in total. The highest BCUT2D eigenvalue weighted by Gasteiger charge is 2.23. The molecule has 0 spiro atoms. The molecule has 1 atom stereocenters. The molecule has 1 aliphatic rings. The molecule has 1 rings (SSSR count). The molecule has 0 bridgehead atoms. The van der Waals surface area contributed by atoms with Crippen molar-refractivity contribution >= 4 is 6.16 Å². The van der Waals surface area contributed by atoms with Crippen molar-refractivity contribution < 1.29 is 14.3 Å². The number of rotatable bonds is 2. The standard InChI is InChI=1S/C9H17NO3/c1-7(2)12-9(11)13-8-4-5-10(3)6-8/h7-8H,4-6H2,1-3H3. The highest BCUT2D eigenvalue weighted by Crippen LogP contribution is 2.11. The summed E-state index contributed by atoms with van der Waals surface area (Å²) in [5.74, 6) is 0. The number of nitrogens with zero attached hydrogens (tertiary/aromatic N) is 1. The number of likely N-dealkylation sites (N-methyl/N-ethyl adjacent to an activating group) is 1. The SMILES string of the molecule is CC(C)OC(=O)OC1CCN(C)C1. The monoisotopic (exact) mass is 187 g/mol. The van der Waals surface area contributed by atoms with Gasteiger partial charge in [-0.1, -0.05) is 0 Å². The first-order valence-corrected chi connectivity index (χ1v) is 4.63. The van der Waals surface area contributed by atoms with E-state index in [0.29, 0.717) is 0 Å². The van der Waals surface area contributed by atoms with Gasteiger partial charge in [-0.2, -0.15) is 0 Å². The van der Waals surface area contributed by atoms with E-state index in [1.54, 1.807) is 0 Å². The van der Waals surface area contributed by atoms with Crippen LogP contribution in [-0.4, -0.2) is 43.4 Å². The Labute approximate surface area is 78.8 Å². The zero-order valence-corrected chi connectivity index (χ0v) is 8.45. The molecule has 0 amide bonds. The zero-order chi connectivity index (χ0) is 9.84. The van der Waals surface area contributed by atoms with Crippen molar-refractivity contribution in [2.24, 2.45) is 0 Å². The predicted molar refractivity (Wildman–Crippen MR) is 48.6 cm³/mol. The van der Waals surface area contributed by atoms with Crippen LogP contribution in [0.2, 0.25) is 0 Å². The van der Waals surface area contributed by atoms with Crippen molar-refractivity contribution in [1.82, 2.24) is 4.90 Å². The fourth-order valence-corrected chi connectivity index (χ4v) is 1.35. The number of hydrogen-bond acceptors (Lipinski definition) is 4. The van der Waals surface area contributed by atoms with E-state index in [9.17, 15) is 4.79 Å². The second kappa shape index (κ2) is 4.46. The van der Waals surface area contributed by atoms with Crippen LogP contribution in [0.15, 0.2) is 0 Å². The molecule has 0 aliphatic carbocycles. The summed E-state index contributed by atoms with van der Waals surface area (Å²) >= 11 is 0. The van der Waals surface area contributed by atoms with Crippen LogP contribution in [0.4, 0.5) is 4.79 Å². The number of hydrogen-bond donors (Lipinski definition) is 0. The van der Waals surface area contributed by atoms with Crippen molar-refractivity contribution in [2.45, 2.75) is 32.5 Å². The van der Waals surface area contributed by atoms with Gasteiger partial charge in [0.25, 0.3) is 0 Å². The summed E-state index contributed by atoms with van der Waals surface area (Å²) in [5, 5.41) is 0. The highest BCUT2D eigenvalue weighted by atomic mass is 16.7. The van der Waals surface area contributed by atoms with Crippen molar-refractivity contribution in [3.8, 4) is 0 Å². The first kappa shape index (κ1) is 10.3. The maximum absolute atomic E-state index is 11.1. The van der Waals surface area contributed by atoms with Crippen LogP contribution < -0.4 is 0 Å². The van der Waals surface area contributed by atoms with Crippen molar-refractivity contribution in [3.05, 3.63) is 0 Å². The number of carbonyl (C=O) groups excluding carboxylic acids is 1. The van der Waals surface area contributed by atoms with Crippen molar-refractivity contribution in [2.75, 3.05) is 20.1 Å². The molecule has 4 heteroatoms. The van der Waals surface area contributed by atoms with Crippen LogP contribution in [-0.2, 0) is 9.47 Å². The van der Waals surface area contributed by atoms with Crippen LogP contribution in [0.25, 0.3) is 0 Å². The molecule has 1 fully saturated rings. The first-order valence-electron chi connectivity index (χ1n) is 4.63. The predicted octanol–water partition coefficient (Wildman–Crippen LogP) is 1.25. The van der Waals surface area contributed by atoms with Gasteiger partial charge in [0.15, 0.2) is 0 Å². The van der Waals surface area contributed by atoms with Gasteiger partial charge in [-0.25, -0.2) is 4.79 Å². The molecular formula is C9H17NO3. The maximum atomic E-state index is 11.1. The van der Waals surface area contributed by atoms with E-state index in [1.165, 1.54) is 0 Å². The Kier molecular flexibility index (Phi) is 3.54. The molecule has 13 heavy (non-hydrogen) atoms. The highest BCUT2D eigenvalue weighted by molar-refractivity contribution is 5.60. The average molecular weight is 187 g/mol. The molecule has 0 aromatic rings. The average Bonchev–Trinajstić information content (AvgIpc) is 2.33. The summed E-state index contributed by atoms with van der Waals surface area (Å²) in [6.45, 7) is 5.41. The van der Waals surface area contributed by atoms with Gasteiger partial charge in [-0.05, 0) is 27.3 Å². The van der Waals surface area contributed by atoms with Crippen molar-refractivity contribution in [3.63, 3.8) is 0 Å². The summed E-state index contributed by atoms with van der Waals surface area (Å²) in [5.41, 5.74) is 0. The van der Waals surface area contributed by atoms with Crippen molar-refractivity contribution in [1.29, 1.82) is 0 Å². The lowest BCUT2D eigenvalue weighted by atomic mass is 10.3. The molecule has 1 unspecified atom stereocenters. The van der Waals surface area contributed by atoms with E-state index < -0.39 is 6.16 Å². The third kappa shape index (κ3) is 3.63. The van der Waals surface area contributed by atoms with Gasteiger partial charge >= 0.3 is 6.16 Å². The zero-order valence-electron chi connectivity index (χ0n) is 8.45. The Hall–Kier alpha value is -0.770. The van der Waals surface area contributed by atoms with Gasteiger partial charge in [0, 0.05) is 13.1 Å². The summed E-state index contributed by atoms with van der Waals surface area (Å²) in [7, 11) is 2.01. The minimum atomic E-state index is -0.546. The summed E-state index contributed by atoms with van der Waals surface area (Å²) < 4.78 is 9.96. The third-order valence-corrected chi connectivity index (χ3v) is 1.94. The summed E-state index contributed by atoms with van der Waals surface area (Å²) in [6, 6.07) is 0. The second-order valence-corrected chi connectivity index (χ2v) is 3.71. The van der Waals surface area contributed by atoms with Gasteiger partial charge in [0.1, 0.15) is 6.10 Å². The molecular weight excluding hydrogens is 170 g/mol. The van der Waals surface area contributed by atoms with Gasteiger partial charge in [-0.3, -0.25) is 0 Å². The lowest BCUT2D eigenvalue weighted by Gasteiger charge is -2.13. The maximum Gasteiger partial charge on any atom is 0.508 e. The Morgan fingerprint density at radius 2 is 2.23 bits per heavy atom. The van der Waals surface area contributed by atoms with Gasteiger partial charge in [-0.15, -0.1) is 0 Å². The van der Waals surface area contributed by atoms with Crippen LogP contribution >= 0.6 is 0 Å². The van der Waals surface area contributed by atoms with Gasteiger partial charge in [0.05, 0.1) is 6.10 Å². The van der Waals surface area contributed by atoms with Gasteiger partial charge in [0.2, 0.25) is 0 Å². The fourth-order valence-electron chi connectivity index (χ4n) is 1.35. The number of ether oxygens (including phenoxy) is 2. The van der Waals surface area contributed by atoms with E-state index in [4.69, 9.17) is 9.47 Å². The molecule has 1 saturated heterocycles. The topological polar surface area (TPSA) is 38.8 Å². The molecule has 1 aliphatic heterocycles. The van der Waals surface area contributed by atoms with Gasteiger partial charge < -0.3 is 14.4 Å². The Balaban J connectivity index is 2.21. The third-order valence-electron chi connectivity index (χ3n) is 1.94. The Morgan fingerprint density at radius 1 is 1.54 bits per heavy atom. The quantitative estimate of drug-likeness (QED) is 0.610. The Morgan fingerprint density at radius 3 is 2.69 bits per heavy atom. The van der Waals surface area contributed by atoms with Crippen LogP contribution in [0.5, 0.6) is 0 Å². The minimum Gasteiger partial charge on any atom is -0.432 e. The lowest BCUT2D eigenvalue weighted by Crippen LogP contribution is -2.24. The van der Waals surface area contributed by atoms with E-state index in [2.05, 4.69) is 4.90 Å². The molecule has 4 nitrogen and oxygen atoms in total. The molecule has 0 aromatic carbocycles. The van der Waals surface area contributed by atoms with Crippen LogP contribution in [0.1, 0.15) is 20.3 Å². The van der Waals surface area contributed by atoms with Crippen LogP contribution in [0, 0.1) is 0 Å². The first-order chi connectivity index (χ1) is 6.08. The molecule has 0 aromatic heterocycles. The normalized spacial score (nSPS) is 23.5. The van der Waals surface area contributed by atoms with E-state index in [-0.39, 0.29) is 12.2 Å². The summed E-state index contributed by atoms with van der Waals surface area (Å²) in [4.78, 5) is 13.2. The smallest absolute Gasteiger partial charge is 0.432 e. The molecule has 0 radical (unpaired) electrons. The lowest BCUT2D eigenvalue weighted by molar-refractivity contribution is 0.0104. The van der Waals surface area contributed by atoms with Crippen LogP contribution in [0.3, 0.4) is 0 Å². The van der Waals surface area contributed by atoms with E-state index in [1.807, 2.05) is 20.9 Å². The number of likely N-dealkylation sites (tertiary alicyclic amines) is 1. The second-order valence-electron chi connectivity index (χ2n) is 3.71. The Bertz CT molecular complexity index is 182. The largest absolute Gasteiger partial charge is 0.508 e. The number of carbonyl (C=O) groups is 1. The molecule has 76 valence electrons. The summed E-state index contributed by atoms with van der Waals surface area (Å²) in [6.07, 6.45) is 0.266. The fraction of sp³-hybridized carbons (Fsp3) is 0.889. The van der Waals surface area contributed by atoms with E-state index >= 15 is 0 Å². The minimum absolute atomic E-state index is 0.0104. The molecule has 0 saturated carbocycles. The molecule has 1 heterocycles. The van der Waals surface area contributed by atoms with E-state index in [0.717, 1.165) is 19.5 Å².